The second-order valence-corrected chi connectivity index (χ2v) is 1.30. The Kier molecular flexibility index (Phi) is 3.78. The number of hydrogen-bond donors (Lipinski definition) is 2. The largest absolute Gasteiger partial charge is 0.298 e. The van der Waals surface area contributed by atoms with E-state index in [-0.39, 0.29) is 12.3 Å². The van der Waals surface area contributed by atoms with E-state index in [1.54, 1.807) is 5.48 Å². The van der Waals surface area contributed by atoms with E-state index in [1.165, 1.54) is 6.92 Å². The quantitative estimate of drug-likeness (QED) is 0.299. The van der Waals surface area contributed by atoms with Gasteiger partial charge in [0.15, 0.2) is 5.78 Å². The smallest absolute Gasteiger partial charge is 0.151 e. The third kappa shape index (κ3) is 5.10. The minimum Gasteiger partial charge on any atom is -0.298 e. The number of carbonyl (C=O) groups excluding carboxylic acids is 1. The van der Waals surface area contributed by atoms with Crippen LogP contribution in [0.2, 0.25) is 0 Å². The maximum Gasteiger partial charge on any atom is 0.151 e. The predicted molar refractivity (Wildman–Crippen MR) is 29.0 cm³/mol. The summed E-state index contributed by atoms with van der Waals surface area (Å²) in [5, 5.41) is 7.87. The first-order chi connectivity index (χ1) is 3.77. The zero-order valence-corrected chi connectivity index (χ0v) is 4.59. The fourth-order valence-corrected chi connectivity index (χ4v) is 0.215. The average Bonchev–Trinajstić information content (AvgIpc) is 1.66. The van der Waals surface area contributed by atoms with Gasteiger partial charge in [-0.05, 0) is 6.92 Å². The van der Waals surface area contributed by atoms with Crippen LogP contribution < -0.4 is 5.48 Å². The first-order valence-corrected chi connectivity index (χ1v) is 2.14. The summed E-state index contributed by atoms with van der Waals surface area (Å²) < 4.78 is 0. The summed E-state index contributed by atoms with van der Waals surface area (Å²) in [7, 11) is 0. The lowest BCUT2D eigenvalue weighted by Crippen LogP contribution is -2.04. The number of nitrogens with zero attached hydrogens (tertiary/aromatic N) is 1. The minimum atomic E-state index is -0.0310. The molecule has 2 N–H and O–H groups in total. The standard InChI is InChI=1S/C4H8N2O2/c1-4(7)2-5-3-6-8/h3,8H,2H2,1H3,(H,5,6). The van der Waals surface area contributed by atoms with E-state index in [4.69, 9.17) is 5.21 Å². The van der Waals surface area contributed by atoms with Crippen LogP contribution in [-0.2, 0) is 4.79 Å². The second kappa shape index (κ2) is 4.26. The normalized spacial score (nSPS) is 9.75. The number of hydrogen-bond acceptors (Lipinski definition) is 3. The number of aliphatic imine (C=N–C) groups is 1. The number of carbonyl (C=O) groups is 1. The molecule has 0 bridgehead atoms. The Labute approximate surface area is 47.2 Å². The molecular formula is C4H8N2O2. The molecule has 0 aromatic carbocycles. The molecule has 4 heteroatoms. The molecule has 0 rings (SSSR count). The Hall–Kier alpha value is -0.900. The van der Waals surface area contributed by atoms with E-state index in [0.29, 0.717) is 0 Å². The Morgan fingerprint density at radius 3 is 3.00 bits per heavy atom. The molecular weight excluding hydrogens is 108 g/mol. The van der Waals surface area contributed by atoms with E-state index in [2.05, 4.69) is 4.99 Å². The molecule has 0 amide bonds. The second-order valence-electron chi connectivity index (χ2n) is 1.30. The summed E-state index contributed by atoms with van der Waals surface area (Å²) >= 11 is 0. The van der Waals surface area contributed by atoms with Crippen LogP contribution in [0.4, 0.5) is 0 Å². The molecule has 0 aromatic heterocycles. The molecule has 0 aliphatic rings. The van der Waals surface area contributed by atoms with Crippen LogP contribution in [0.3, 0.4) is 0 Å². The third-order valence-electron chi connectivity index (χ3n) is 0.463. The first kappa shape index (κ1) is 7.10. The highest BCUT2D eigenvalue weighted by Crippen LogP contribution is 1.67. The van der Waals surface area contributed by atoms with Crippen LogP contribution in [0, 0.1) is 0 Å². The van der Waals surface area contributed by atoms with Crippen molar-refractivity contribution in [3.05, 3.63) is 0 Å². The maximum atomic E-state index is 10.1. The van der Waals surface area contributed by atoms with Gasteiger partial charge in [-0.2, -0.15) is 0 Å². The highest BCUT2D eigenvalue weighted by atomic mass is 16.5. The van der Waals surface area contributed by atoms with Crippen LogP contribution in [0.25, 0.3) is 0 Å². The molecule has 0 aliphatic heterocycles. The molecule has 0 unspecified atom stereocenters. The number of hydroxylamine groups is 1. The van der Waals surface area contributed by atoms with Gasteiger partial charge in [0.25, 0.3) is 0 Å². The van der Waals surface area contributed by atoms with Crippen molar-refractivity contribution >= 4 is 12.1 Å². The fraction of sp³-hybridized carbons (Fsp3) is 0.500. The molecule has 0 spiro atoms. The zero-order chi connectivity index (χ0) is 6.41. The van der Waals surface area contributed by atoms with E-state index in [9.17, 15) is 4.79 Å². The molecule has 4 nitrogen and oxygen atoms in total. The summed E-state index contributed by atoms with van der Waals surface area (Å²) in [4.78, 5) is 13.5. The molecule has 0 saturated carbocycles. The highest BCUT2D eigenvalue weighted by Gasteiger charge is 1.83. The Morgan fingerprint density at radius 1 is 2.00 bits per heavy atom. The van der Waals surface area contributed by atoms with E-state index < -0.39 is 0 Å². The number of Topliss-reactive ketones (excluding diaryl/α,β-unsaturated/α-hetero) is 1. The van der Waals surface area contributed by atoms with E-state index in [0.717, 1.165) is 6.34 Å². The van der Waals surface area contributed by atoms with Gasteiger partial charge in [-0.15, -0.1) is 0 Å². The van der Waals surface area contributed by atoms with Crippen molar-refractivity contribution in [2.75, 3.05) is 6.54 Å². The molecule has 46 valence electrons. The van der Waals surface area contributed by atoms with Crippen molar-refractivity contribution in [3.8, 4) is 0 Å². The first-order valence-electron chi connectivity index (χ1n) is 2.14. The Morgan fingerprint density at radius 2 is 2.62 bits per heavy atom. The zero-order valence-electron chi connectivity index (χ0n) is 4.59. The van der Waals surface area contributed by atoms with Crippen LogP contribution in [0.5, 0.6) is 0 Å². The minimum absolute atomic E-state index is 0.0310. The third-order valence-corrected chi connectivity index (χ3v) is 0.463. The Balaban J connectivity index is 3.16. The number of nitrogens with one attached hydrogen (secondary N) is 1. The lowest BCUT2D eigenvalue weighted by atomic mass is 10.5. The molecule has 0 radical (unpaired) electrons. The van der Waals surface area contributed by atoms with Gasteiger partial charge in [-0.25, -0.2) is 0 Å². The van der Waals surface area contributed by atoms with Gasteiger partial charge in [0.2, 0.25) is 0 Å². The lowest BCUT2D eigenvalue weighted by Gasteiger charge is -1.83. The van der Waals surface area contributed by atoms with Gasteiger partial charge in [0, 0.05) is 0 Å². The SMILES string of the molecule is CC(=O)CN=CNO. The van der Waals surface area contributed by atoms with Crippen molar-refractivity contribution in [2.24, 2.45) is 4.99 Å². The van der Waals surface area contributed by atoms with Gasteiger partial charge < -0.3 is 0 Å². The topological polar surface area (TPSA) is 61.7 Å². The predicted octanol–water partition coefficient (Wildman–Crippen LogP) is -0.417. The van der Waals surface area contributed by atoms with E-state index >= 15 is 0 Å². The van der Waals surface area contributed by atoms with E-state index in [1.807, 2.05) is 0 Å². The Bertz CT molecular complexity index is 100. The van der Waals surface area contributed by atoms with Crippen molar-refractivity contribution < 1.29 is 10.0 Å². The fourth-order valence-electron chi connectivity index (χ4n) is 0.215. The van der Waals surface area contributed by atoms with Gasteiger partial charge >= 0.3 is 0 Å². The summed E-state index contributed by atoms with van der Waals surface area (Å²) in [6, 6.07) is 0. The molecule has 0 aliphatic carbocycles. The van der Waals surface area contributed by atoms with Crippen LogP contribution in [-0.4, -0.2) is 23.9 Å². The van der Waals surface area contributed by atoms with Crippen molar-refractivity contribution in [1.29, 1.82) is 0 Å². The van der Waals surface area contributed by atoms with Gasteiger partial charge in [-0.1, -0.05) is 0 Å². The van der Waals surface area contributed by atoms with Gasteiger partial charge in [0.05, 0.1) is 6.54 Å². The van der Waals surface area contributed by atoms with Crippen LogP contribution >= 0.6 is 0 Å². The molecule has 0 saturated heterocycles. The van der Waals surface area contributed by atoms with Crippen LogP contribution in [0.15, 0.2) is 4.99 Å². The van der Waals surface area contributed by atoms with Crippen LogP contribution in [0.1, 0.15) is 6.92 Å². The molecule has 0 heterocycles. The molecule has 8 heavy (non-hydrogen) atoms. The highest BCUT2D eigenvalue weighted by molar-refractivity contribution is 5.78. The van der Waals surface area contributed by atoms with Gasteiger partial charge in [0.1, 0.15) is 6.34 Å². The lowest BCUT2D eigenvalue weighted by molar-refractivity contribution is -0.115. The van der Waals surface area contributed by atoms with Gasteiger partial charge in [-0.3, -0.25) is 20.5 Å². The number of ketones is 1. The summed E-state index contributed by atoms with van der Waals surface area (Å²) in [6.45, 7) is 1.54. The molecule has 0 aromatic rings. The molecule has 0 atom stereocenters. The summed E-state index contributed by atoms with van der Waals surface area (Å²) in [5.74, 6) is -0.0310. The van der Waals surface area contributed by atoms with Crippen molar-refractivity contribution in [1.82, 2.24) is 5.48 Å². The number of rotatable bonds is 3. The summed E-state index contributed by atoms with van der Waals surface area (Å²) in [5.41, 5.74) is 1.68. The van der Waals surface area contributed by atoms with Crippen molar-refractivity contribution in [2.45, 2.75) is 6.92 Å². The average molecular weight is 116 g/mol. The summed E-state index contributed by atoms with van der Waals surface area (Å²) in [6.07, 6.45) is 1.06. The maximum absolute atomic E-state index is 10.1. The molecule has 0 fully saturated rings. The van der Waals surface area contributed by atoms with Crippen molar-refractivity contribution in [3.63, 3.8) is 0 Å². The monoisotopic (exact) mass is 116 g/mol.